The maximum atomic E-state index is 5.81. The van der Waals surface area contributed by atoms with E-state index in [1.165, 1.54) is 0 Å². The molecule has 6 nitrogen and oxygen atoms in total. The number of nitrogens with zero attached hydrogens (tertiary/aromatic N) is 1. The van der Waals surface area contributed by atoms with Crippen LogP contribution in [0.25, 0.3) is 0 Å². The Balaban J connectivity index is 1.89. The molecule has 0 heterocycles. The summed E-state index contributed by atoms with van der Waals surface area (Å²) < 4.78 is 16.4. The molecule has 2 aromatic carbocycles. The molecule has 0 aliphatic heterocycles. The molecule has 146 valence electrons. The first-order valence-electron chi connectivity index (χ1n) is 9.09. The van der Waals surface area contributed by atoms with Crippen LogP contribution in [0.3, 0.4) is 0 Å². The van der Waals surface area contributed by atoms with E-state index >= 15 is 0 Å². The van der Waals surface area contributed by atoms with Crippen LogP contribution in [0.2, 0.25) is 0 Å². The Bertz CT molecular complexity index is 747. The van der Waals surface area contributed by atoms with Gasteiger partial charge in [-0.3, -0.25) is 0 Å². The number of guanidine groups is 1. The van der Waals surface area contributed by atoms with Crippen LogP contribution >= 0.6 is 0 Å². The van der Waals surface area contributed by atoms with Crippen molar-refractivity contribution in [2.75, 3.05) is 33.9 Å². The molecule has 0 amide bonds. The zero-order chi connectivity index (χ0) is 19.5. The number of hydrogen-bond donors (Lipinski definition) is 2. The normalized spacial score (nSPS) is 11.0. The van der Waals surface area contributed by atoms with E-state index in [2.05, 4.69) is 15.6 Å². The van der Waals surface area contributed by atoms with Gasteiger partial charge in [-0.2, -0.15) is 0 Å². The second-order valence-corrected chi connectivity index (χ2v) is 5.93. The van der Waals surface area contributed by atoms with Crippen molar-refractivity contribution in [1.82, 2.24) is 10.6 Å². The van der Waals surface area contributed by atoms with E-state index in [1.807, 2.05) is 56.3 Å². The van der Waals surface area contributed by atoms with Gasteiger partial charge in [-0.1, -0.05) is 24.3 Å². The van der Waals surface area contributed by atoms with Crippen molar-refractivity contribution in [2.45, 2.75) is 20.4 Å². The van der Waals surface area contributed by atoms with E-state index in [4.69, 9.17) is 14.2 Å². The van der Waals surface area contributed by atoms with Gasteiger partial charge in [0.1, 0.15) is 12.4 Å². The molecule has 0 aliphatic carbocycles. The average molecular weight is 371 g/mol. The summed E-state index contributed by atoms with van der Waals surface area (Å²) in [6, 6.07) is 13.8. The molecule has 2 aromatic rings. The van der Waals surface area contributed by atoms with E-state index in [0.717, 1.165) is 29.4 Å². The van der Waals surface area contributed by atoms with Crippen LogP contribution < -0.4 is 24.8 Å². The maximum absolute atomic E-state index is 5.81. The molecule has 0 aromatic heterocycles. The number of methoxy groups -OCH3 is 2. The van der Waals surface area contributed by atoms with Crippen LogP contribution in [0.15, 0.2) is 47.5 Å². The Kier molecular flexibility index (Phi) is 8.29. The van der Waals surface area contributed by atoms with Gasteiger partial charge in [0.05, 0.1) is 27.3 Å². The molecule has 0 fully saturated rings. The van der Waals surface area contributed by atoms with Crippen molar-refractivity contribution in [1.29, 1.82) is 0 Å². The van der Waals surface area contributed by atoms with Gasteiger partial charge in [-0.25, -0.2) is 4.99 Å². The second-order valence-electron chi connectivity index (χ2n) is 5.93. The number of rotatable bonds is 9. The fourth-order valence-electron chi connectivity index (χ4n) is 2.54. The molecular formula is C21H29N3O3. The predicted molar refractivity (Wildman–Crippen MR) is 109 cm³/mol. The molecule has 0 radical (unpaired) electrons. The minimum absolute atomic E-state index is 0.536. The molecule has 0 saturated heterocycles. The fourth-order valence-corrected chi connectivity index (χ4v) is 2.54. The molecule has 0 atom stereocenters. The van der Waals surface area contributed by atoms with Crippen LogP contribution in [0.4, 0.5) is 0 Å². The van der Waals surface area contributed by atoms with Gasteiger partial charge in [-0.15, -0.1) is 0 Å². The standard InChI is InChI=1S/C21H29N3O3/c1-5-22-21(23-12-13-27-18-9-7-6-8-16(18)2)24-15-17-10-11-19(25-3)20(14-17)26-4/h6-11,14H,5,12-13,15H2,1-4H3,(H2,22,23,24). The van der Waals surface area contributed by atoms with Gasteiger partial charge >= 0.3 is 0 Å². The largest absolute Gasteiger partial charge is 0.493 e. The number of ether oxygens (including phenoxy) is 3. The van der Waals surface area contributed by atoms with Crippen LogP contribution in [0.5, 0.6) is 17.2 Å². The highest BCUT2D eigenvalue weighted by atomic mass is 16.5. The lowest BCUT2D eigenvalue weighted by Gasteiger charge is -2.13. The molecule has 0 bridgehead atoms. The highest BCUT2D eigenvalue weighted by Gasteiger charge is 2.05. The molecule has 0 spiro atoms. The third-order valence-corrected chi connectivity index (χ3v) is 3.96. The Morgan fingerprint density at radius 1 is 0.963 bits per heavy atom. The first-order chi connectivity index (χ1) is 13.2. The number of nitrogens with one attached hydrogen (secondary N) is 2. The van der Waals surface area contributed by atoms with Crippen molar-refractivity contribution in [3.05, 3.63) is 53.6 Å². The number of para-hydroxylation sites is 1. The fraction of sp³-hybridized carbons (Fsp3) is 0.381. The summed E-state index contributed by atoms with van der Waals surface area (Å²) >= 11 is 0. The highest BCUT2D eigenvalue weighted by molar-refractivity contribution is 5.79. The summed E-state index contributed by atoms with van der Waals surface area (Å²) in [5.74, 6) is 3.07. The molecule has 0 aliphatic rings. The average Bonchev–Trinajstić information content (AvgIpc) is 2.70. The summed E-state index contributed by atoms with van der Waals surface area (Å²) in [6.07, 6.45) is 0. The summed E-state index contributed by atoms with van der Waals surface area (Å²) in [5, 5.41) is 6.53. The first-order valence-corrected chi connectivity index (χ1v) is 9.09. The smallest absolute Gasteiger partial charge is 0.191 e. The van der Waals surface area contributed by atoms with Crippen molar-refractivity contribution >= 4 is 5.96 Å². The Hall–Kier alpha value is -2.89. The lowest BCUT2D eigenvalue weighted by Crippen LogP contribution is -2.39. The van der Waals surface area contributed by atoms with Gasteiger partial charge < -0.3 is 24.8 Å². The van der Waals surface area contributed by atoms with Gasteiger partial charge in [0.15, 0.2) is 17.5 Å². The van der Waals surface area contributed by atoms with Crippen LogP contribution in [0, 0.1) is 6.92 Å². The van der Waals surface area contributed by atoms with Crippen molar-refractivity contribution < 1.29 is 14.2 Å². The third-order valence-electron chi connectivity index (χ3n) is 3.96. The molecule has 2 rings (SSSR count). The van der Waals surface area contributed by atoms with E-state index in [1.54, 1.807) is 14.2 Å². The number of aliphatic imine (C=N–C) groups is 1. The zero-order valence-electron chi connectivity index (χ0n) is 16.5. The maximum Gasteiger partial charge on any atom is 0.191 e. The second kappa shape index (κ2) is 11.0. The lowest BCUT2D eigenvalue weighted by atomic mass is 10.2. The zero-order valence-corrected chi connectivity index (χ0v) is 16.5. The van der Waals surface area contributed by atoms with Gasteiger partial charge in [-0.05, 0) is 43.2 Å². The topological polar surface area (TPSA) is 64.1 Å². The van der Waals surface area contributed by atoms with E-state index in [0.29, 0.717) is 31.2 Å². The van der Waals surface area contributed by atoms with E-state index < -0.39 is 0 Å². The highest BCUT2D eigenvalue weighted by Crippen LogP contribution is 2.27. The molecular weight excluding hydrogens is 342 g/mol. The van der Waals surface area contributed by atoms with E-state index in [-0.39, 0.29) is 0 Å². The van der Waals surface area contributed by atoms with Crippen molar-refractivity contribution in [2.24, 2.45) is 4.99 Å². The first kappa shape index (κ1) is 20.4. The van der Waals surface area contributed by atoms with Crippen LogP contribution in [0.1, 0.15) is 18.1 Å². The monoisotopic (exact) mass is 371 g/mol. The summed E-state index contributed by atoms with van der Waals surface area (Å²) in [5.41, 5.74) is 2.17. The van der Waals surface area contributed by atoms with Crippen molar-refractivity contribution in [3.63, 3.8) is 0 Å². The number of aryl methyl sites for hydroxylation is 1. The molecule has 2 N–H and O–H groups in total. The Morgan fingerprint density at radius 3 is 2.44 bits per heavy atom. The SMILES string of the molecule is CCNC(=NCc1ccc(OC)c(OC)c1)NCCOc1ccccc1C. The Labute approximate surface area is 161 Å². The molecule has 0 unspecified atom stereocenters. The van der Waals surface area contributed by atoms with Crippen molar-refractivity contribution in [3.8, 4) is 17.2 Å². The quantitative estimate of drug-likeness (QED) is 0.403. The third kappa shape index (κ3) is 6.40. The molecule has 6 heteroatoms. The Morgan fingerprint density at radius 2 is 1.74 bits per heavy atom. The summed E-state index contributed by atoms with van der Waals surface area (Å²) in [4.78, 5) is 4.62. The van der Waals surface area contributed by atoms with Gasteiger partial charge in [0, 0.05) is 6.54 Å². The minimum atomic E-state index is 0.536. The van der Waals surface area contributed by atoms with Gasteiger partial charge in [0.25, 0.3) is 0 Å². The summed E-state index contributed by atoms with van der Waals surface area (Å²) in [6.45, 7) is 6.62. The van der Waals surface area contributed by atoms with Gasteiger partial charge in [0.2, 0.25) is 0 Å². The summed E-state index contributed by atoms with van der Waals surface area (Å²) in [7, 11) is 3.26. The predicted octanol–water partition coefficient (Wildman–Crippen LogP) is 3.15. The lowest BCUT2D eigenvalue weighted by molar-refractivity contribution is 0.320. The minimum Gasteiger partial charge on any atom is -0.493 e. The van der Waals surface area contributed by atoms with Crippen LogP contribution in [-0.4, -0.2) is 39.9 Å². The van der Waals surface area contributed by atoms with E-state index in [9.17, 15) is 0 Å². The molecule has 0 saturated carbocycles. The number of benzene rings is 2. The molecule has 27 heavy (non-hydrogen) atoms. The van der Waals surface area contributed by atoms with Crippen LogP contribution in [-0.2, 0) is 6.54 Å². The number of hydrogen-bond acceptors (Lipinski definition) is 4.